The van der Waals surface area contributed by atoms with Gasteiger partial charge in [0.25, 0.3) is 0 Å². The van der Waals surface area contributed by atoms with Crippen molar-refractivity contribution in [2.24, 2.45) is 0 Å². The van der Waals surface area contributed by atoms with Crippen molar-refractivity contribution < 1.29 is 14.6 Å². The number of nitrogens with zero attached hydrogens (tertiary/aromatic N) is 2. The Morgan fingerprint density at radius 3 is 2.86 bits per heavy atom. The van der Waals surface area contributed by atoms with Crippen LogP contribution in [0.2, 0.25) is 0 Å². The van der Waals surface area contributed by atoms with Gasteiger partial charge in [0.1, 0.15) is 18.4 Å². The highest BCUT2D eigenvalue weighted by molar-refractivity contribution is 5.46. The van der Waals surface area contributed by atoms with Crippen LogP contribution in [0, 0.1) is 11.3 Å². The van der Waals surface area contributed by atoms with Gasteiger partial charge in [0.2, 0.25) is 0 Å². The molecule has 1 heterocycles. The molecule has 1 aromatic heterocycles. The molecular weight excluding hydrogens is 268 g/mol. The van der Waals surface area contributed by atoms with E-state index >= 15 is 0 Å². The molecule has 0 amide bonds. The third-order valence-electron chi connectivity index (χ3n) is 2.85. The van der Waals surface area contributed by atoms with E-state index in [2.05, 4.69) is 4.98 Å². The van der Waals surface area contributed by atoms with Crippen molar-refractivity contribution in [3.05, 3.63) is 53.3 Å². The summed E-state index contributed by atoms with van der Waals surface area (Å²) in [6.07, 6.45) is 1.57. The molecule has 0 atom stereocenters. The quantitative estimate of drug-likeness (QED) is 0.881. The largest absolute Gasteiger partial charge is 0.490 e. The average molecular weight is 284 g/mol. The number of aliphatic hydroxyl groups is 1. The van der Waals surface area contributed by atoms with Crippen LogP contribution in [0.15, 0.2) is 36.5 Å². The minimum absolute atomic E-state index is 0.129. The number of hydrogen-bond acceptors (Lipinski definition) is 5. The van der Waals surface area contributed by atoms with E-state index in [-0.39, 0.29) is 13.2 Å². The van der Waals surface area contributed by atoms with Crippen LogP contribution in [-0.2, 0) is 13.2 Å². The van der Waals surface area contributed by atoms with Crippen LogP contribution in [0.3, 0.4) is 0 Å². The van der Waals surface area contributed by atoms with Gasteiger partial charge in [-0.2, -0.15) is 5.26 Å². The van der Waals surface area contributed by atoms with Gasteiger partial charge in [-0.15, -0.1) is 0 Å². The zero-order valence-corrected chi connectivity index (χ0v) is 11.7. The second kappa shape index (κ2) is 7.27. The van der Waals surface area contributed by atoms with Crippen molar-refractivity contribution in [1.82, 2.24) is 4.98 Å². The van der Waals surface area contributed by atoms with Gasteiger partial charge in [0, 0.05) is 11.8 Å². The molecular formula is C16H16N2O3. The normalized spacial score (nSPS) is 9.95. The molecule has 5 nitrogen and oxygen atoms in total. The van der Waals surface area contributed by atoms with Crippen LogP contribution in [0.25, 0.3) is 0 Å². The zero-order chi connectivity index (χ0) is 15.1. The van der Waals surface area contributed by atoms with E-state index in [4.69, 9.17) is 14.7 Å². The Morgan fingerprint density at radius 2 is 2.14 bits per heavy atom. The monoisotopic (exact) mass is 284 g/mol. The predicted molar refractivity (Wildman–Crippen MR) is 76.8 cm³/mol. The van der Waals surface area contributed by atoms with Crippen molar-refractivity contribution in [1.29, 1.82) is 5.26 Å². The van der Waals surface area contributed by atoms with E-state index < -0.39 is 0 Å². The summed E-state index contributed by atoms with van der Waals surface area (Å²) < 4.78 is 11.3. The topological polar surface area (TPSA) is 75.4 Å². The Hall–Kier alpha value is -2.58. The van der Waals surface area contributed by atoms with Gasteiger partial charge in [-0.25, -0.2) is 4.98 Å². The smallest absolute Gasteiger partial charge is 0.167 e. The van der Waals surface area contributed by atoms with Gasteiger partial charge in [-0.05, 0) is 30.7 Å². The van der Waals surface area contributed by atoms with Crippen molar-refractivity contribution in [3.63, 3.8) is 0 Å². The first kappa shape index (κ1) is 14.8. The number of para-hydroxylation sites is 1. The minimum atomic E-state index is -0.129. The highest BCUT2D eigenvalue weighted by Crippen LogP contribution is 2.32. The average Bonchev–Trinajstić information content (AvgIpc) is 2.54. The first-order chi connectivity index (χ1) is 10.3. The molecule has 0 aliphatic carbocycles. The maximum atomic E-state index is 9.40. The van der Waals surface area contributed by atoms with E-state index in [1.807, 2.05) is 19.1 Å². The van der Waals surface area contributed by atoms with Crippen molar-refractivity contribution in [2.45, 2.75) is 20.1 Å². The summed E-state index contributed by atoms with van der Waals surface area (Å²) in [5.74, 6) is 1.12. The molecule has 0 aliphatic heterocycles. The molecule has 108 valence electrons. The second-order valence-electron chi connectivity index (χ2n) is 4.29. The summed E-state index contributed by atoms with van der Waals surface area (Å²) in [5.41, 5.74) is 1.84. The predicted octanol–water partition coefficient (Wildman–Crippen LogP) is 2.42. The number of nitriles is 1. The number of aromatic nitrogens is 1. The van der Waals surface area contributed by atoms with Crippen LogP contribution < -0.4 is 9.47 Å². The lowest BCUT2D eigenvalue weighted by atomic mass is 10.2. The molecule has 0 aliphatic rings. The van der Waals surface area contributed by atoms with Gasteiger partial charge >= 0.3 is 0 Å². The molecule has 1 N–H and O–H groups in total. The lowest BCUT2D eigenvalue weighted by molar-refractivity contribution is 0.243. The molecule has 0 unspecified atom stereocenters. The minimum Gasteiger partial charge on any atom is -0.490 e. The molecule has 0 saturated carbocycles. The fourth-order valence-corrected chi connectivity index (χ4v) is 1.90. The molecule has 2 rings (SSSR count). The van der Waals surface area contributed by atoms with Gasteiger partial charge in [0.05, 0.1) is 13.2 Å². The van der Waals surface area contributed by atoms with Gasteiger partial charge in [0.15, 0.2) is 11.5 Å². The maximum Gasteiger partial charge on any atom is 0.167 e. The molecule has 21 heavy (non-hydrogen) atoms. The molecule has 0 fully saturated rings. The summed E-state index contributed by atoms with van der Waals surface area (Å²) in [6.45, 7) is 2.54. The molecule has 1 aromatic carbocycles. The number of pyridine rings is 1. The Bertz CT molecular complexity index is 650. The number of hydrogen-bond donors (Lipinski definition) is 1. The highest BCUT2D eigenvalue weighted by Gasteiger charge is 2.11. The lowest BCUT2D eigenvalue weighted by Gasteiger charge is -2.15. The van der Waals surface area contributed by atoms with E-state index in [1.165, 1.54) is 0 Å². The SMILES string of the molecule is CCOc1cccc(CO)c1OCc1ccnc(C#N)c1. The molecule has 0 saturated heterocycles. The summed E-state index contributed by atoms with van der Waals surface area (Å²) >= 11 is 0. The summed E-state index contributed by atoms with van der Waals surface area (Å²) in [7, 11) is 0. The Labute approximate surface area is 123 Å². The van der Waals surface area contributed by atoms with Crippen LogP contribution in [-0.4, -0.2) is 16.7 Å². The number of rotatable bonds is 6. The second-order valence-corrected chi connectivity index (χ2v) is 4.29. The number of ether oxygens (including phenoxy) is 2. The molecule has 5 heteroatoms. The fraction of sp³-hybridized carbons (Fsp3) is 0.250. The standard InChI is InChI=1S/C16H16N2O3/c1-2-20-15-5-3-4-13(10-19)16(15)21-11-12-6-7-18-14(8-12)9-17/h3-8,19H,2,10-11H2,1H3. The van der Waals surface area contributed by atoms with Crippen molar-refractivity contribution >= 4 is 0 Å². The van der Waals surface area contributed by atoms with Gasteiger partial charge in [-0.1, -0.05) is 12.1 Å². The van der Waals surface area contributed by atoms with Crippen molar-refractivity contribution in [3.8, 4) is 17.6 Å². The fourth-order valence-electron chi connectivity index (χ4n) is 1.90. The highest BCUT2D eigenvalue weighted by atomic mass is 16.5. The first-order valence-corrected chi connectivity index (χ1v) is 6.61. The zero-order valence-electron chi connectivity index (χ0n) is 11.7. The summed E-state index contributed by atoms with van der Waals surface area (Å²) in [6, 6.07) is 10.8. The van der Waals surface area contributed by atoms with Crippen LogP contribution >= 0.6 is 0 Å². The summed E-state index contributed by atoms with van der Waals surface area (Å²) in [5, 5.41) is 18.2. The van der Waals surface area contributed by atoms with Gasteiger partial charge in [-0.3, -0.25) is 0 Å². The molecule has 0 bridgehead atoms. The Balaban J connectivity index is 2.20. The maximum absolute atomic E-state index is 9.40. The molecule has 0 radical (unpaired) electrons. The van der Waals surface area contributed by atoms with E-state index in [1.54, 1.807) is 30.5 Å². The number of benzene rings is 1. The first-order valence-electron chi connectivity index (χ1n) is 6.61. The van der Waals surface area contributed by atoms with Crippen molar-refractivity contribution in [2.75, 3.05) is 6.61 Å². The van der Waals surface area contributed by atoms with Crippen LogP contribution in [0.1, 0.15) is 23.7 Å². The van der Waals surface area contributed by atoms with E-state index in [0.29, 0.717) is 29.4 Å². The van der Waals surface area contributed by atoms with Crippen LogP contribution in [0.4, 0.5) is 0 Å². The number of aliphatic hydroxyl groups excluding tert-OH is 1. The Morgan fingerprint density at radius 1 is 1.29 bits per heavy atom. The van der Waals surface area contributed by atoms with Crippen LogP contribution in [0.5, 0.6) is 11.5 Å². The van der Waals surface area contributed by atoms with Gasteiger partial charge < -0.3 is 14.6 Å². The molecule has 0 spiro atoms. The Kier molecular flexibility index (Phi) is 5.13. The molecule has 2 aromatic rings. The summed E-state index contributed by atoms with van der Waals surface area (Å²) in [4.78, 5) is 3.91. The lowest BCUT2D eigenvalue weighted by Crippen LogP contribution is -2.03. The van der Waals surface area contributed by atoms with E-state index in [0.717, 1.165) is 5.56 Å². The third kappa shape index (κ3) is 3.71. The third-order valence-corrected chi connectivity index (χ3v) is 2.85. The van der Waals surface area contributed by atoms with E-state index in [9.17, 15) is 5.11 Å².